The van der Waals surface area contributed by atoms with Crippen LogP contribution in [0.25, 0.3) is 0 Å². The zero-order valence-electron chi connectivity index (χ0n) is 16.4. The van der Waals surface area contributed by atoms with Crippen LogP contribution in [0.2, 0.25) is 0 Å². The summed E-state index contributed by atoms with van der Waals surface area (Å²) in [6.07, 6.45) is 1.46. The molecule has 0 saturated carbocycles. The summed E-state index contributed by atoms with van der Waals surface area (Å²) >= 11 is 3.16. The lowest BCUT2D eigenvalue weighted by Gasteiger charge is -2.33. The minimum absolute atomic E-state index is 0.0126. The number of amides is 3. The zero-order valence-corrected chi connectivity index (χ0v) is 18.0. The fraction of sp³-hybridized carbons (Fsp3) is 0.381. The molecule has 1 aromatic heterocycles. The molecule has 0 atom stereocenters. The van der Waals surface area contributed by atoms with Crippen molar-refractivity contribution in [3.63, 3.8) is 0 Å². The number of nitrogens with zero attached hydrogens (tertiary/aromatic N) is 1. The van der Waals surface area contributed by atoms with Crippen molar-refractivity contribution in [2.24, 2.45) is 5.92 Å². The van der Waals surface area contributed by atoms with E-state index < -0.39 is 5.91 Å². The molecule has 2 heterocycles. The van der Waals surface area contributed by atoms with Crippen LogP contribution >= 0.6 is 15.9 Å². The molecule has 1 fully saturated rings. The van der Waals surface area contributed by atoms with Gasteiger partial charge in [-0.15, -0.1) is 0 Å². The number of halogens is 1. The van der Waals surface area contributed by atoms with E-state index in [1.54, 1.807) is 36.4 Å². The fourth-order valence-corrected chi connectivity index (χ4v) is 3.55. The molecular formula is C21H24BrN3O4. The van der Waals surface area contributed by atoms with Gasteiger partial charge in [0.05, 0.1) is 0 Å². The van der Waals surface area contributed by atoms with Crippen molar-refractivity contribution in [3.05, 3.63) is 52.4 Å². The van der Waals surface area contributed by atoms with Gasteiger partial charge in [0.2, 0.25) is 5.91 Å². The van der Waals surface area contributed by atoms with Gasteiger partial charge in [0.1, 0.15) is 0 Å². The summed E-state index contributed by atoms with van der Waals surface area (Å²) < 4.78 is 5.70. The van der Waals surface area contributed by atoms with Crippen LogP contribution in [0, 0.1) is 5.92 Å². The molecule has 3 amide bonds. The first-order chi connectivity index (χ1) is 13.8. The Hall–Kier alpha value is -2.61. The van der Waals surface area contributed by atoms with Gasteiger partial charge in [-0.2, -0.15) is 0 Å². The van der Waals surface area contributed by atoms with Crippen molar-refractivity contribution >= 4 is 39.3 Å². The van der Waals surface area contributed by atoms with Gasteiger partial charge in [0, 0.05) is 36.3 Å². The third-order valence-electron chi connectivity index (χ3n) is 4.82. The highest BCUT2D eigenvalue weighted by atomic mass is 79.9. The number of likely N-dealkylation sites (tertiary alicyclic amines) is 1. The summed E-state index contributed by atoms with van der Waals surface area (Å²) in [5.74, 6) is -0.274. The molecule has 1 aliphatic rings. The highest BCUT2D eigenvalue weighted by Crippen LogP contribution is 2.18. The van der Waals surface area contributed by atoms with Gasteiger partial charge < -0.3 is 20.0 Å². The van der Waals surface area contributed by atoms with Gasteiger partial charge in [-0.3, -0.25) is 14.4 Å². The number of carbonyl (C=O) groups excluding carboxylic acids is 3. The maximum atomic E-state index is 12.6. The Morgan fingerprint density at radius 1 is 1.10 bits per heavy atom. The van der Waals surface area contributed by atoms with Crippen molar-refractivity contribution in [3.8, 4) is 0 Å². The molecule has 1 aromatic carbocycles. The highest BCUT2D eigenvalue weighted by molar-refractivity contribution is 9.10. The number of benzene rings is 1. The van der Waals surface area contributed by atoms with Crippen LogP contribution in [-0.2, 0) is 4.79 Å². The highest BCUT2D eigenvalue weighted by Gasteiger charge is 2.25. The number of furan rings is 1. The smallest absolute Gasteiger partial charge is 0.291 e. The number of piperidine rings is 1. The first-order valence-electron chi connectivity index (χ1n) is 9.60. The number of hydrogen-bond donors (Lipinski definition) is 2. The summed E-state index contributed by atoms with van der Waals surface area (Å²) in [4.78, 5) is 38.7. The normalized spacial score (nSPS) is 14.7. The first-order valence-corrected chi connectivity index (χ1v) is 10.4. The van der Waals surface area contributed by atoms with Gasteiger partial charge in [-0.05, 0) is 59.1 Å². The van der Waals surface area contributed by atoms with Gasteiger partial charge in [-0.25, -0.2) is 0 Å². The van der Waals surface area contributed by atoms with Crippen LogP contribution in [-0.4, -0.2) is 41.8 Å². The number of hydrogen-bond acceptors (Lipinski definition) is 4. The minimum Gasteiger partial charge on any atom is -0.444 e. The molecule has 3 rings (SSSR count). The lowest BCUT2D eigenvalue weighted by atomic mass is 10.0. The number of nitrogens with one attached hydrogen (secondary N) is 2. The predicted molar refractivity (Wildman–Crippen MR) is 113 cm³/mol. The molecule has 7 nitrogen and oxygen atoms in total. The van der Waals surface area contributed by atoms with Crippen molar-refractivity contribution in [2.45, 2.75) is 32.7 Å². The number of carbonyl (C=O) groups is 3. The Kier molecular flexibility index (Phi) is 6.74. The van der Waals surface area contributed by atoms with Crippen LogP contribution in [0.3, 0.4) is 0 Å². The van der Waals surface area contributed by atoms with E-state index >= 15 is 0 Å². The molecule has 0 bridgehead atoms. The Bertz CT molecular complexity index is 901. The zero-order chi connectivity index (χ0) is 21.0. The topological polar surface area (TPSA) is 91.7 Å². The quantitative estimate of drug-likeness (QED) is 0.710. The van der Waals surface area contributed by atoms with E-state index in [2.05, 4.69) is 26.6 Å². The van der Waals surface area contributed by atoms with E-state index in [0.29, 0.717) is 29.0 Å². The summed E-state index contributed by atoms with van der Waals surface area (Å²) in [5.41, 5.74) is 0.969. The van der Waals surface area contributed by atoms with E-state index in [-0.39, 0.29) is 29.5 Å². The molecule has 29 heavy (non-hydrogen) atoms. The van der Waals surface area contributed by atoms with Crippen LogP contribution in [0.4, 0.5) is 5.69 Å². The first kappa shape index (κ1) is 21.1. The van der Waals surface area contributed by atoms with Gasteiger partial charge in [0.25, 0.3) is 11.8 Å². The molecule has 154 valence electrons. The van der Waals surface area contributed by atoms with Crippen molar-refractivity contribution in [2.75, 3.05) is 18.4 Å². The van der Waals surface area contributed by atoms with Crippen LogP contribution < -0.4 is 10.6 Å². The summed E-state index contributed by atoms with van der Waals surface area (Å²) in [6.45, 7) is 5.09. The standard InChI is InChI=1S/C21H24BrN3O4/c1-13(2)21(28)25-10-8-15(9-11-25)23-19(26)14-4-3-5-16(12-14)24-20(27)17-6-7-18(22)29-17/h3-7,12-13,15H,8-11H2,1-2H3,(H,23,26)(H,24,27). The Morgan fingerprint density at radius 2 is 1.83 bits per heavy atom. The molecule has 2 aromatic rings. The second-order valence-corrected chi connectivity index (χ2v) is 8.15. The molecular weight excluding hydrogens is 438 g/mol. The van der Waals surface area contributed by atoms with Crippen molar-refractivity contribution in [1.29, 1.82) is 0 Å². The SMILES string of the molecule is CC(C)C(=O)N1CCC(NC(=O)c2cccc(NC(=O)c3ccc(Br)o3)c2)CC1. The fourth-order valence-electron chi connectivity index (χ4n) is 3.25. The maximum absolute atomic E-state index is 12.6. The molecule has 0 unspecified atom stereocenters. The molecule has 8 heteroatoms. The average molecular weight is 462 g/mol. The molecule has 1 aliphatic heterocycles. The van der Waals surface area contributed by atoms with E-state index in [1.807, 2.05) is 18.7 Å². The lowest BCUT2D eigenvalue weighted by molar-refractivity contribution is -0.135. The van der Waals surface area contributed by atoms with Crippen molar-refractivity contribution in [1.82, 2.24) is 10.2 Å². The molecule has 2 N–H and O–H groups in total. The second-order valence-electron chi connectivity index (χ2n) is 7.37. The minimum atomic E-state index is -0.393. The Morgan fingerprint density at radius 3 is 2.45 bits per heavy atom. The largest absolute Gasteiger partial charge is 0.444 e. The maximum Gasteiger partial charge on any atom is 0.291 e. The van der Waals surface area contributed by atoms with Gasteiger partial charge >= 0.3 is 0 Å². The van der Waals surface area contributed by atoms with E-state index in [9.17, 15) is 14.4 Å². The predicted octanol–water partition coefficient (Wildman–Crippen LogP) is 3.67. The summed E-state index contributed by atoms with van der Waals surface area (Å²) in [6, 6.07) is 9.98. The Labute approximate surface area is 178 Å². The molecule has 1 saturated heterocycles. The van der Waals surface area contributed by atoms with Gasteiger partial charge in [-0.1, -0.05) is 19.9 Å². The van der Waals surface area contributed by atoms with Crippen molar-refractivity contribution < 1.29 is 18.8 Å². The number of rotatable bonds is 5. The average Bonchev–Trinajstić information content (AvgIpc) is 3.14. The van der Waals surface area contributed by atoms with Gasteiger partial charge in [0.15, 0.2) is 10.4 Å². The molecule has 0 spiro atoms. The summed E-state index contributed by atoms with van der Waals surface area (Å²) in [5, 5.41) is 5.75. The monoisotopic (exact) mass is 461 g/mol. The van der Waals surface area contributed by atoms with E-state index in [1.165, 1.54) is 0 Å². The summed E-state index contributed by atoms with van der Waals surface area (Å²) in [7, 11) is 0. The Balaban J connectivity index is 1.56. The third-order valence-corrected chi connectivity index (χ3v) is 5.24. The molecule has 0 aliphatic carbocycles. The second kappa shape index (κ2) is 9.26. The lowest BCUT2D eigenvalue weighted by Crippen LogP contribution is -2.47. The van der Waals surface area contributed by atoms with Crippen LogP contribution in [0.5, 0.6) is 0 Å². The van der Waals surface area contributed by atoms with Crippen LogP contribution in [0.15, 0.2) is 45.5 Å². The number of anilines is 1. The van der Waals surface area contributed by atoms with Crippen LogP contribution in [0.1, 0.15) is 47.6 Å². The third kappa shape index (κ3) is 5.47. The van der Waals surface area contributed by atoms with E-state index in [4.69, 9.17) is 4.42 Å². The molecule has 0 radical (unpaired) electrons. The van der Waals surface area contributed by atoms with E-state index in [0.717, 1.165) is 12.8 Å².